The van der Waals surface area contributed by atoms with Crippen LogP contribution in [0.25, 0.3) is 0 Å². The van der Waals surface area contributed by atoms with Crippen LogP contribution in [0.1, 0.15) is 11.4 Å². The molecule has 0 bridgehead atoms. The maximum Gasteiger partial charge on any atom is 0.271 e. The second-order valence-corrected chi connectivity index (χ2v) is 2.60. The van der Waals surface area contributed by atoms with E-state index in [1.165, 1.54) is 10.8 Å². The van der Waals surface area contributed by atoms with Gasteiger partial charge in [-0.25, -0.2) is 4.98 Å². The minimum Gasteiger partial charge on any atom is -0.330 e. The van der Waals surface area contributed by atoms with Crippen molar-refractivity contribution in [3.05, 3.63) is 27.9 Å². The molecule has 68 valence electrons. The van der Waals surface area contributed by atoms with Gasteiger partial charge >= 0.3 is 0 Å². The summed E-state index contributed by atoms with van der Waals surface area (Å²) in [6.45, 7) is 0.437. The zero-order valence-electron chi connectivity index (χ0n) is 7.32. The summed E-state index contributed by atoms with van der Waals surface area (Å²) in [6.07, 6.45) is 1.82. The Morgan fingerprint density at radius 3 is 3.00 bits per heavy atom. The van der Waals surface area contributed by atoms with Gasteiger partial charge < -0.3 is 5.73 Å². The third-order valence-corrected chi connectivity index (χ3v) is 1.75. The highest BCUT2D eigenvalue weighted by atomic mass is 16.1. The van der Waals surface area contributed by atoms with Crippen molar-refractivity contribution in [1.82, 2.24) is 9.55 Å². The molecule has 5 nitrogen and oxygen atoms in total. The fourth-order valence-corrected chi connectivity index (χ4v) is 1.02. The van der Waals surface area contributed by atoms with Crippen LogP contribution in [0, 0.1) is 11.3 Å². The molecule has 0 unspecified atom stereocenters. The summed E-state index contributed by atoms with van der Waals surface area (Å²) in [4.78, 5) is 15.3. The van der Waals surface area contributed by atoms with Crippen molar-refractivity contribution in [2.45, 2.75) is 6.42 Å². The SMILES string of the molecule is Cn1c(CCN)ncc(C#N)c1=O. The average molecular weight is 178 g/mol. The number of nitrogens with two attached hydrogens (primary N) is 1. The van der Waals surface area contributed by atoms with E-state index in [0.717, 1.165) is 0 Å². The zero-order valence-corrected chi connectivity index (χ0v) is 7.32. The smallest absolute Gasteiger partial charge is 0.271 e. The normalized spacial score (nSPS) is 9.62. The zero-order chi connectivity index (χ0) is 9.84. The van der Waals surface area contributed by atoms with Crippen LogP contribution in [-0.2, 0) is 13.5 Å². The maximum atomic E-state index is 11.4. The van der Waals surface area contributed by atoms with Crippen molar-refractivity contribution >= 4 is 0 Å². The minimum absolute atomic E-state index is 0.0586. The summed E-state index contributed by atoms with van der Waals surface area (Å²) in [7, 11) is 1.58. The van der Waals surface area contributed by atoms with Gasteiger partial charge in [-0.1, -0.05) is 0 Å². The molecule has 2 N–H and O–H groups in total. The second-order valence-electron chi connectivity index (χ2n) is 2.60. The third-order valence-electron chi connectivity index (χ3n) is 1.75. The molecule has 0 fully saturated rings. The first kappa shape index (κ1) is 9.42. The Labute approximate surface area is 75.4 Å². The molecule has 0 aliphatic rings. The van der Waals surface area contributed by atoms with Gasteiger partial charge in [-0.3, -0.25) is 9.36 Å². The van der Waals surface area contributed by atoms with Gasteiger partial charge in [0, 0.05) is 13.5 Å². The molecule has 0 saturated carbocycles. The molecule has 1 rings (SSSR count). The molecule has 0 spiro atoms. The Bertz CT molecular complexity index is 402. The summed E-state index contributed by atoms with van der Waals surface area (Å²) >= 11 is 0. The summed E-state index contributed by atoms with van der Waals surface area (Å²) in [6, 6.07) is 1.78. The van der Waals surface area contributed by atoms with Crippen molar-refractivity contribution in [3.63, 3.8) is 0 Å². The van der Waals surface area contributed by atoms with Crippen molar-refractivity contribution in [1.29, 1.82) is 5.26 Å². The topological polar surface area (TPSA) is 84.7 Å². The molecule has 1 aromatic rings. The Morgan fingerprint density at radius 1 is 1.77 bits per heavy atom. The number of hydrogen-bond acceptors (Lipinski definition) is 4. The molecule has 0 amide bonds. The van der Waals surface area contributed by atoms with Crippen LogP contribution < -0.4 is 11.3 Å². The Balaban J connectivity index is 3.25. The predicted molar refractivity (Wildman–Crippen MR) is 47.0 cm³/mol. The summed E-state index contributed by atoms with van der Waals surface area (Å²) in [5.74, 6) is 0.603. The number of aromatic nitrogens is 2. The second kappa shape index (κ2) is 3.83. The Morgan fingerprint density at radius 2 is 2.46 bits per heavy atom. The van der Waals surface area contributed by atoms with E-state index in [4.69, 9.17) is 11.0 Å². The molecule has 5 heteroatoms. The van der Waals surface area contributed by atoms with Crippen LogP contribution in [0.2, 0.25) is 0 Å². The molecule has 0 aliphatic heterocycles. The first-order valence-corrected chi connectivity index (χ1v) is 3.85. The lowest BCUT2D eigenvalue weighted by Crippen LogP contribution is -2.25. The van der Waals surface area contributed by atoms with Gasteiger partial charge in [0.25, 0.3) is 5.56 Å². The molecule has 1 heterocycles. The van der Waals surface area contributed by atoms with Gasteiger partial charge in [-0.05, 0) is 6.54 Å². The van der Waals surface area contributed by atoms with Gasteiger partial charge in [-0.2, -0.15) is 5.26 Å². The lowest BCUT2D eigenvalue weighted by molar-refractivity contribution is 0.714. The summed E-state index contributed by atoms with van der Waals surface area (Å²) in [5, 5.41) is 8.54. The van der Waals surface area contributed by atoms with Crippen molar-refractivity contribution in [2.24, 2.45) is 12.8 Å². The van der Waals surface area contributed by atoms with E-state index >= 15 is 0 Å². The van der Waals surface area contributed by atoms with E-state index < -0.39 is 0 Å². The predicted octanol–water partition coefficient (Wildman–Crippen LogP) is -0.847. The van der Waals surface area contributed by atoms with E-state index in [2.05, 4.69) is 4.98 Å². The quantitative estimate of drug-likeness (QED) is 0.639. The standard InChI is InChI=1S/C8H10N4O/c1-12-7(2-3-9)11-5-6(4-10)8(12)13/h5H,2-3,9H2,1H3. The largest absolute Gasteiger partial charge is 0.330 e. The van der Waals surface area contributed by atoms with Crippen LogP contribution in [0.5, 0.6) is 0 Å². The third kappa shape index (κ3) is 1.73. The van der Waals surface area contributed by atoms with Gasteiger partial charge in [0.1, 0.15) is 17.5 Å². The molecule has 0 saturated heterocycles. The molecule has 0 radical (unpaired) electrons. The highest BCUT2D eigenvalue weighted by molar-refractivity contribution is 5.22. The molecular formula is C8H10N4O. The highest BCUT2D eigenvalue weighted by Crippen LogP contribution is 1.92. The first-order valence-electron chi connectivity index (χ1n) is 3.85. The number of nitrogens with zero attached hydrogens (tertiary/aromatic N) is 3. The van der Waals surface area contributed by atoms with E-state index in [1.54, 1.807) is 13.1 Å². The first-order chi connectivity index (χ1) is 6.20. The van der Waals surface area contributed by atoms with Crippen molar-refractivity contribution < 1.29 is 0 Å². The molecule has 1 aromatic heterocycles. The van der Waals surface area contributed by atoms with E-state index in [-0.39, 0.29) is 11.1 Å². The minimum atomic E-state index is -0.319. The van der Waals surface area contributed by atoms with Crippen LogP contribution in [0.3, 0.4) is 0 Å². The average Bonchev–Trinajstić information content (AvgIpc) is 2.14. The monoisotopic (exact) mass is 178 g/mol. The van der Waals surface area contributed by atoms with Crippen LogP contribution >= 0.6 is 0 Å². The lowest BCUT2D eigenvalue weighted by Gasteiger charge is -2.04. The van der Waals surface area contributed by atoms with E-state index in [0.29, 0.717) is 18.8 Å². The van der Waals surface area contributed by atoms with Crippen molar-refractivity contribution in [2.75, 3.05) is 6.54 Å². The molecule has 0 aliphatic carbocycles. The summed E-state index contributed by atoms with van der Waals surface area (Å²) in [5.41, 5.74) is 5.07. The Hall–Kier alpha value is -1.67. The highest BCUT2D eigenvalue weighted by Gasteiger charge is 2.04. The van der Waals surface area contributed by atoms with Crippen LogP contribution in [0.15, 0.2) is 11.0 Å². The molecule has 13 heavy (non-hydrogen) atoms. The fourth-order valence-electron chi connectivity index (χ4n) is 1.02. The number of hydrogen-bond donors (Lipinski definition) is 1. The van der Waals surface area contributed by atoms with E-state index in [1.807, 2.05) is 0 Å². The maximum absolute atomic E-state index is 11.4. The summed E-state index contributed by atoms with van der Waals surface area (Å²) < 4.78 is 1.35. The molecule has 0 aromatic carbocycles. The van der Waals surface area contributed by atoms with Crippen molar-refractivity contribution in [3.8, 4) is 6.07 Å². The van der Waals surface area contributed by atoms with Gasteiger partial charge in [0.05, 0.1) is 6.20 Å². The molecule has 0 atom stereocenters. The fraction of sp³-hybridized carbons (Fsp3) is 0.375. The molecular weight excluding hydrogens is 168 g/mol. The number of nitriles is 1. The van der Waals surface area contributed by atoms with Gasteiger partial charge in [0.2, 0.25) is 0 Å². The number of rotatable bonds is 2. The van der Waals surface area contributed by atoms with Crippen LogP contribution in [-0.4, -0.2) is 16.1 Å². The van der Waals surface area contributed by atoms with Gasteiger partial charge in [0.15, 0.2) is 0 Å². The Kier molecular flexibility index (Phi) is 2.77. The van der Waals surface area contributed by atoms with E-state index in [9.17, 15) is 4.79 Å². The lowest BCUT2D eigenvalue weighted by atomic mass is 10.3. The van der Waals surface area contributed by atoms with Gasteiger partial charge in [-0.15, -0.1) is 0 Å². The van der Waals surface area contributed by atoms with Crippen LogP contribution in [0.4, 0.5) is 0 Å².